The second kappa shape index (κ2) is 9.14. The number of benzene rings is 3. The van der Waals surface area contributed by atoms with Gasteiger partial charge in [-0.2, -0.15) is 0 Å². The molecule has 148 valence electrons. The summed E-state index contributed by atoms with van der Waals surface area (Å²) in [5.41, 5.74) is 3.74. The van der Waals surface area contributed by atoms with E-state index < -0.39 is 0 Å². The number of fused-ring (bicyclic) bond motifs is 1. The SMILES string of the molecule is COc1ccc(CCCc2nnc(SCc3cccc4ccccc34)o2)cc1C. The van der Waals surface area contributed by atoms with Gasteiger partial charge in [-0.3, -0.25) is 0 Å². The van der Waals surface area contributed by atoms with E-state index in [0.717, 1.165) is 36.3 Å². The van der Waals surface area contributed by atoms with Gasteiger partial charge in [0.25, 0.3) is 5.22 Å². The molecule has 0 N–H and O–H groups in total. The summed E-state index contributed by atoms with van der Waals surface area (Å²) in [5, 5.41) is 11.6. The van der Waals surface area contributed by atoms with Crippen LogP contribution in [0.5, 0.6) is 5.75 Å². The molecule has 1 heterocycles. The topological polar surface area (TPSA) is 48.2 Å². The molecular weight excluding hydrogens is 380 g/mol. The number of methoxy groups -OCH3 is 1. The average Bonchev–Trinajstić information content (AvgIpc) is 3.20. The lowest BCUT2D eigenvalue weighted by atomic mass is 10.1. The molecule has 0 saturated heterocycles. The summed E-state index contributed by atoms with van der Waals surface area (Å²) in [7, 11) is 1.70. The summed E-state index contributed by atoms with van der Waals surface area (Å²) < 4.78 is 11.2. The predicted octanol–water partition coefficient (Wildman–Crippen LogP) is 6.01. The van der Waals surface area contributed by atoms with Crippen molar-refractivity contribution >= 4 is 22.5 Å². The molecule has 0 aliphatic rings. The standard InChI is InChI=1S/C24H24N2O2S/c1-17-15-18(13-14-22(17)27-2)7-5-12-23-25-26-24(28-23)29-16-20-10-6-9-19-8-3-4-11-21(19)20/h3-4,6,8-11,13-15H,5,7,12,16H2,1-2H3. The van der Waals surface area contributed by atoms with Crippen LogP contribution in [0.4, 0.5) is 0 Å². The quantitative estimate of drug-likeness (QED) is 0.337. The number of rotatable bonds is 8. The summed E-state index contributed by atoms with van der Waals surface area (Å²) in [6.45, 7) is 2.07. The van der Waals surface area contributed by atoms with Gasteiger partial charge in [-0.1, -0.05) is 66.4 Å². The Morgan fingerprint density at radius 2 is 1.83 bits per heavy atom. The number of aromatic nitrogens is 2. The van der Waals surface area contributed by atoms with Gasteiger partial charge in [-0.05, 0) is 53.3 Å². The van der Waals surface area contributed by atoms with Gasteiger partial charge in [0, 0.05) is 12.2 Å². The zero-order chi connectivity index (χ0) is 20.1. The van der Waals surface area contributed by atoms with Crippen LogP contribution in [0.1, 0.15) is 29.0 Å². The van der Waals surface area contributed by atoms with E-state index in [1.54, 1.807) is 18.9 Å². The highest BCUT2D eigenvalue weighted by atomic mass is 32.2. The van der Waals surface area contributed by atoms with Crippen LogP contribution < -0.4 is 4.74 Å². The van der Waals surface area contributed by atoms with Crippen LogP contribution in [-0.2, 0) is 18.6 Å². The van der Waals surface area contributed by atoms with Gasteiger partial charge < -0.3 is 9.15 Å². The van der Waals surface area contributed by atoms with Gasteiger partial charge in [-0.15, -0.1) is 10.2 Å². The summed E-state index contributed by atoms with van der Waals surface area (Å²) in [6, 6.07) is 21.1. The van der Waals surface area contributed by atoms with Crippen LogP contribution in [0.2, 0.25) is 0 Å². The zero-order valence-electron chi connectivity index (χ0n) is 16.7. The molecule has 4 aromatic rings. The number of hydrogen-bond acceptors (Lipinski definition) is 5. The maximum Gasteiger partial charge on any atom is 0.276 e. The number of nitrogens with zero attached hydrogens (tertiary/aromatic N) is 2. The van der Waals surface area contributed by atoms with Crippen molar-refractivity contribution in [2.24, 2.45) is 0 Å². The van der Waals surface area contributed by atoms with Crippen molar-refractivity contribution in [3.8, 4) is 5.75 Å². The van der Waals surface area contributed by atoms with Crippen molar-refractivity contribution in [3.63, 3.8) is 0 Å². The minimum atomic E-state index is 0.633. The van der Waals surface area contributed by atoms with E-state index in [4.69, 9.17) is 9.15 Å². The molecule has 3 aromatic carbocycles. The molecule has 0 saturated carbocycles. The molecule has 4 nitrogen and oxygen atoms in total. The predicted molar refractivity (Wildman–Crippen MR) is 118 cm³/mol. The smallest absolute Gasteiger partial charge is 0.276 e. The number of aryl methyl sites for hydroxylation is 3. The van der Waals surface area contributed by atoms with Crippen LogP contribution in [0.15, 0.2) is 70.3 Å². The highest BCUT2D eigenvalue weighted by Crippen LogP contribution is 2.27. The molecule has 0 unspecified atom stereocenters. The molecular formula is C24H24N2O2S. The first kappa shape index (κ1) is 19.5. The molecule has 0 atom stereocenters. The largest absolute Gasteiger partial charge is 0.496 e. The molecule has 0 bridgehead atoms. The Hall–Kier alpha value is -2.79. The van der Waals surface area contributed by atoms with E-state index in [9.17, 15) is 0 Å². The van der Waals surface area contributed by atoms with Gasteiger partial charge in [0.05, 0.1) is 7.11 Å². The first-order valence-electron chi connectivity index (χ1n) is 9.78. The van der Waals surface area contributed by atoms with Crippen molar-refractivity contribution in [2.75, 3.05) is 7.11 Å². The van der Waals surface area contributed by atoms with Crippen molar-refractivity contribution in [2.45, 2.75) is 37.2 Å². The Morgan fingerprint density at radius 3 is 2.69 bits per heavy atom. The highest BCUT2D eigenvalue weighted by Gasteiger charge is 2.09. The molecule has 29 heavy (non-hydrogen) atoms. The Morgan fingerprint density at radius 1 is 0.966 bits per heavy atom. The fourth-order valence-electron chi connectivity index (χ4n) is 3.50. The van der Waals surface area contributed by atoms with Gasteiger partial charge in [0.15, 0.2) is 0 Å². The lowest BCUT2D eigenvalue weighted by molar-refractivity contribution is 0.408. The van der Waals surface area contributed by atoms with E-state index in [0.29, 0.717) is 11.1 Å². The van der Waals surface area contributed by atoms with Gasteiger partial charge in [0.2, 0.25) is 5.89 Å². The number of hydrogen-bond donors (Lipinski definition) is 0. The summed E-state index contributed by atoms with van der Waals surface area (Å²) >= 11 is 1.59. The molecule has 1 aromatic heterocycles. The van der Waals surface area contributed by atoms with E-state index in [1.165, 1.54) is 21.9 Å². The molecule has 0 aliphatic heterocycles. The first-order chi connectivity index (χ1) is 14.2. The number of thioether (sulfide) groups is 1. The summed E-state index contributed by atoms with van der Waals surface area (Å²) in [4.78, 5) is 0. The Kier molecular flexibility index (Phi) is 6.15. The third-order valence-corrected chi connectivity index (χ3v) is 5.86. The van der Waals surface area contributed by atoms with E-state index in [-0.39, 0.29) is 0 Å². The van der Waals surface area contributed by atoms with Crippen molar-refractivity contribution in [3.05, 3.63) is 83.2 Å². The summed E-state index contributed by atoms with van der Waals surface area (Å²) in [5.74, 6) is 2.45. The second-order valence-electron chi connectivity index (χ2n) is 7.05. The third kappa shape index (κ3) is 4.80. The van der Waals surface area contributed by atoms with Gasteiger partial charge in [-0.25, -0.2) is 0 Å². The van der Waals surface area contributed by atoms with Crippen LogP contribution in [-0.4, -0.2) is 17.3 Å². The molecule has 0 fully saturated rings. The third-order valence-electron chi connectivity index (χ3n) is 4.99. The highest BCUT2D eigenvalue weighted by molar-refractivity contribution is 7.98. The van der Waals surface area contributed by atoms with Crippen molar-refractivity contribution < 1.29 is 9.15 Å². The fraction of sp³-hybridized carbons (Fsp3) is 0.250. The first-order valence-corrected chi connectivity index (χ1v) is 10.8. The maximum absolute atomic E-state index is 5.84. The van der Waals surface area contributed by atoms with Crippen LogP contribution in [0, 0.1) is 6.92 Å². The zero-order valence-corrected chi connectivity index (χ0v) is 17.5. The van der Waals surface area contributed by atoms with Crippen LogP contribution in [0.3, 0.4) is 0 Å². The lowest BCUT2D eigenvalue weighted by Crippen LogP contribution is -1.93. The Labute approximate surface area is 175 Å². The van der Waals surface area contributed by atoms with E-state index in [1.807, 2.05) is 6.07 Å². The Bertz CT molecular complexity index is 1100. The number of ether oxygens (including phenoxy) is 1. The normalized spacial score (nSPS) is 11.1. The average molecular weight is 405 g/mol. The van der Waals surface area contributed by atoms with E-state index >= 15 is 0 Å². The van der Waals surface area contributed by atoms with Crippen molar-refractivity contribution in [1.29, 1.82) is 0 Å². The monoisotopic (exact) mass is 404 g/mol. The van der Waals surface area contributed by atoms with Crippen molar-refractivity contribution in [1.82, 2.24) is 10.2 Å². The minimum absolute atomic E-state index is 0.633. The van der Waals surface area contributed by atoms with Gasteiger partial charge in [0.1, 0.15) is 5.75 Å². The van der Waals surface area contributed by atoms with Crippen LogP contribution in [0.25, 0.3) is 10.8 Å². The molecule has 0 amide bonds. The molecule has 5 heteroatoms. The fourth-order valence-corrected chi connectivity index (χ4v) is 4.28. The molecule has 4 rings (SSSR count). The lowest BCUT2D eigenvalue weighted by Gasteiger charge is -2.06. The van der Waals surface area contributed by atoms with Gasteiger partial charge >= 0.3 is 0 Å². The molecule has 0 spiro atoms. The molecule has 0 aliphatic carbocycles. The summed E-state index contributed by atoms with van der Waals surface area (Å²) in [6.07, 6.45) is 2.74. The molecule has 0 radical (unpaired) electrons. The maximum atomic E-state index is 5.84. The Balaban J connectivity index is 1.31. The van der Waals surface area contributed by atoms with E-state index in [2.05, 4.69) is 71.7 Å². The van der Waals surface area contributed by atoms with Crippen LogP contribution >= 0.6 is 11.8 Å². The second-order valence-corrected chi connectivity index (χ2v) is 7.97. The minimum Gasteiger partial charge on any atom is -0.496 e.